The van der Waals surface area contributed by atoms with Crippen LogP contribution in [0.1, 0.15) is 35.4 Å². The Morgan fingerprint density at radius 1 is 1.19 bits per heavy atom. The first-order chi connectivity index (χ1) is 12.9. The molecule has 2 rings (SSSR count). The molecule has 2 amide bonds. The first-order valence-corrected chi connectivity index (χ1v) is 9.00. The largest absolute Gasteiger partial charge is 0.350 e. The van der Waals surface area contributed by atoms with Crippen LogP contribution in [0.15, 0.2) is 24.5 Å². The predicted molar refractivity (Wildman–Crippen MR) is 98.6 cm³/mol. The van der Waals surface area contributed by atoms with Crippen molar-refractivity contribution in [3.05, 3.63) is 40.7 Å². The first kappa shape index (κ1) is 20.5. The third-order valence-electron chi connectivity index (χ3n) is 3.30. The molecule has 0 aliphatic heterocycles. The van der Waals surface area contributed by atoms with E-state index in [0.717, 1.165) is 10.4 Å². The van der Waals surface area contributed by atoms with Crippen molar-refractivity contribution in [1.29, 1.82) is 0 Å². The van der Waals surface area contributed by atoms with Gasteiger partial charge in [0.1, 0.15) is 4.88 Å². The molecular formula is C18H18F2N4O2S. The number of amides is 2. The maximum absolute atomic E-state index is 12.0. The Morgan fingerprint density at radius 3 is 2.59 bits per heavy atom. The van der Waals surface area contributed by atoms with Crippen molar-refractivity contribution in [2.75, 3.05) is 11.9 Å². The van der Waals surface area contributed by atoms with Crippen LogP contribution in [0.4, 0.5) is 13.9 Å². The minimum atomic E-state index is -2.58. The van der Waals surface area contributed by atoms with Crippen LogP contribution in [-0.2, 0) is 9.59 Å². The molecule has 0 saturated heterocycles. The molecule has 0 radical (unpaired) electrons. The number of anilines is 1. The van der Waals surface area contributed by atoms with Gasteiger partial charge in [-0.2, -0.15) is 0 Å². The Morgan fingerprint density at radius 2 is 1.89 bits per heavy atom. The van der Waals surface area contributed by atoms with Crippen LogP contribution >= 0.6 is 11.3 Å². The van der Waals surface area contributed by atoms with Crippen LogP contribution in [0.3, 0.4) is 0 Å². The van der Waals surface area contributed by atoms with Crippen molar-refractivity contribution >= 4 is 28.3 Å². The highest BCUT2D eigenvalue weighted by molar-refractivity contribution is 7.16. The van der Waals surface area contributed by atoms with Crippen molar-refractivity contribution < 1.29 is 18.4 Å². The summed E-state index contributed by atoms with van der Waals surface area (Å²) >= 11 is 1.26. The minimum Gasteiger partial charge on any atom is -0.350 e. The zero-order valence-electron chi connectivity index (χ0n) is 14.6. The highest BCUT2D eigenvalue weighted by atomic mass is 32.1. The van der Waals surface area contributed by atoms with Gasteiger partial charge in [0.25, 0.3) is 6.43 Å². The van der Waals surface area contributed by atoms with Crippen LogP contribution in [0.25, 0.3) is 0 Å². The molecule has 2 heterocycles. The third kappa shape index (κ3) is 7.50. The number of carbonyl (C=O) groups excluding carboxylic acids is 2. The fraction of sp³-hybridized carbons (Fsp3) is 0.333. The van der Waals surface area contributed by atoms with Gasteiger partial charge in [-0.3, -0.25) is 14.6 Å². The number of aromatic nitrogens is 2. The molecule has 0 unspecified atom stereocenters. The summed E-state index contributed by atoms with van der Waals surface area (Å²) in [5, 5.41) is 5.19. The minimum absolute atomic E-state index is 0.0136. The molecule has 2 N–H and O–H groups in total. The number of carbonyl (C=O) groups is 2. The molecule has 142 valence electrons. The second kappa shape index (κ2) is 10.3. The lowest BCUT2D eigenvalue weighted by Crippen LogP contribution is -2.28. The Hall–Kier alpha value is -2.86. The van der Waals surface area contributed by atoms with Crippen LogP contribution < -0.4 is 10.6 Å². The molecular weight excluding hydrogens is 374 g/mol. The second-order valence-electron chi connectivity index (χ2n) is 5.52. The lowest BCUT2D eigenvalue weighted by Gasteiger charge is -2.04. The molecule has 0 bridgehead atoms. The van der Waals surface area contributed by atoms with Gasteiger partial charge in [-0.1, -0.05) is 17.3 Å². The molecule has 0 atom stereocenters. The van der Waals surface area contributed by atoms with Gasteiger partial charge < -0.3 is 10.6 Å². The lowest BCUT2D eigenvalue weighted by atomic mass is 10.2. The number of thiazole rings is 1. The summed E-state index contributed by atoms with van der Waals surface area (Å²) < 4.78 is 24.0. The number of hydrogen-bond donors (Lipinski definition) is 2. The lowest BCUT2D eigenvalue weighted by molar-refractivity contribution is -0.122. The number of aryl methyl sites for hydroxylation is 1. The summed E-state index contributed by atoms with van der Waals surface area (Å²) in [6, 6.07) is 3.59. The summed E-state index contributed by atoms with van der Waals surface area (Å²) in [5.74, 6) is 5.23. The van der Waals surface area contributed by atoms with Gasteiger partial charge in [0, 0.05) is 30.8 Å². The van der Waals surface area contributed by atoms with Gasteiger partial charge in [0.15, 0.2) is 5.13 Å². The monoisotopic (exact) mass is 392 g/mol. The van der Waals surface area contributed by atoms with Crippen LogP contribution in [0.2, 0.25) is 0 Å². The molecule has 6 nitrogen and oxygen atoms in total. The van der Waals surface area contributed by atoms with E-state index in [9.17, 15) is 18.4 Å². The number of rotatable bonds is 7. The van der Waals surface area contributed by atoms with Crippen molar-refractivity contribution in [2.45, 2.75) is 32.6 Å². The van der Waals surface area contributed by atoms with E-state index in [1.165, 1.54) is 11.3 Å². The van der Waals surface area contributed by atoms with Gasteiger partial charge in [0.2, 0.25) is 11.8 Å². The van der Waals surface area contributed by atoms with Gasteiger partial charge >= 0.3 is 0 Å². The summed E-state index contributed by atoms with van der Waals surface area (Å²) in [7, 11) is 0. The average Bonchev–Trinajstić information content (AvgIpc) is 2.98. The SMILES string of the molecule is Cc1nc(NC(=O)CCCC(=O)NCC(F)F)sc1C#Cc1ccncc1. The molecule has 2 aromatic heterocycles. The fourth-order valence-corrected chi connectivity index (χ4v) is 2.84. The second-order valence-corrected chi connectivity index (χ2v) is 6.52. The van der Waals surface area contributed by atoms with E-state index in [1.807, 2.05) is 0 Å². The van der Waals surface area contributed by atoms with E-state index in [2.05, 4.69) is 32.4 Å². The van der Waals surface area contributed by atoms with E-state index < -0.39 is 18.9 Å². The normalized spacial score (nSPS) is 10.2. The Kier molecular flexibility index (Phi) is 7.82. The molecule has 0 aromatic carbocycles. The molecule has 0 aliphatic carbocycles. The maximum atomic E-state index is 12.0. The Bertz CT molecular complexity index is 844. The van der Waals surface area contributed by atoms with Crippen LogP contribution in [0.5, 0.6) is 0 Å². The van der Waals surface area contributed by atoms with Crippen molar-refractivity contribution in [2.24, 2.45) is 0 Å². The molecule has 0 fully saturated rings. The topological polar surface area (TPSA) is 84.0 Å². The van der Waals surface area contributed by atoms with Gasteiger partial charge in [-0.25, -0.2) is 13.8 Å². The van der Waals surface area contributed by atoms with E-state index in [0.29, 0.717) is 10.8 Å². The average molecular weight is 392 g/mol. The molecule has 27 heavy (non-hydrogen) atoms. The highest BCUT2D eigenvalue weighted by Gasteiger charge is 2.11. The highest BCUT2D eigenvalue weighted by Crippen LogP contribution is 2.22. The number of nitrogens with one attached hydrogen (secondary N) is 2. The van der Waals surface area contributed by atoms with Crippen molar-refractivity contribution in [1.82, 2.24) is 15.3 Å². The number of nitrogens with zero attached hydrogens (tertiary/aromatic N) is 2. The molecule has 0 aliphatic rings. The van der Waals surface area contributed by atoms with Crippen molar-refractivity contribution in [3.8, 4) is 11.8 Å². The first-order valence-electron chi connectivity index (χ1n) is 8.18. The van der Waals surface area contributed by atoms with Gasteiger partial charge in [-0.15, -0.1) is 0 Å². The fourth-order valence-electron chi connectivity index (χ4n) is 2.00. The predicted octanol–water partition coefficient (Wildman–Crippen LogP) is 2.74. The van der Waals surface area contributed by atoms with E-state index in [1.54, 1.807) is 31.5 Å². The standard InChI is InChI=1S/C18H18F2N4O2S/c1-12-14(6-5-13-7-9-21-10-8-13)27-18(23-12)24-17(26)4-2-3-16(25)22-11-15(19)20/h7-10,15H,2-4,11H2,1H3,(H,22,25)(H,23,24,26). The summed E-state index contributed by atoms with van der Waals surface area (Å²) in [5.41, 5.74) is 1.54. The summed E-state index contributed by atoms with van der Waals surface area (Å²) in [4.78, 5) is 32.2. The number of hydrogen-bond acceptors (Lipinski definition) is 5. The van der Waals surface area contributed by atoms with Crippen LogP contribution in [-0.4, -0.2) is 34.8 Å². The van der Waals surface area contributed by atoms with Gasteiger partial charge in [-0.05, 0) is 31.4 Å². The molecule has 9 heteroatoms. The smallest absolute Gasteiger partial charge is 0.255 e. The number of halogens is 2. The summed E-state index contributed by atoms with van der Waals surface area (Å²) in [6.07, 6.45) is 1.10. The van der Waals surface area contributed by atoms with Gasteiger partial charge in [0.05, 0.1) is 12.2 Å². The van der Waals surface area contributed by atoms with Crippen LogP contribution in [0, 0.1) is 18.8 Å². The molecule has 2 aromatic rings. The zero-order chi connectivity index (χ0) is 19.6. The van der Waals surface area contributed by atoms with E-state index in [4.69, 9.17) is 0 Å². The Labute approximate surface area is 159 Å². The Balaban J connectivity index is 1.81. The van der Waals surface area contributed by atoms with Crippen molar-refractivity contribution in [3.63, 3.8) is 0 Å². The maximum Gasteiger partial charge on any atom is 0.255 e. The van der Waals surface area contributed by atoms with E-state index in [-0.39, 0.29) is 25.2 Å². The van der Waals surface area contributed by atoms with E-state index >= 15 is 0 Å². The molecule has 0 saturated carbocycles. The number of pyridine rings is 1. The number of alkyl halides is 2. The third-order valence-corrected chi connectivity index (χ3v) is 4.29. The zero-order valence-corrected chi connectivity index (χ0v) is 15.4. The summed E-state index contributed by atoms with van der Waals surface area (Å²) in [6.45, 7) is 1.13. The molecule has 0 spiro atoms. The quantitative estimate of drug-likeness (QED) is 0.710.